The van der Waals surface area contributed by atoms with E-state index in [2.05, 4.69) is 10.4 Å². The van der Waals surface area contributed by atoms with Gasteiger partial charge in [0.15, 0.2) is 5.69 Å². The van der Waals surface area contributed by atoms with Crippen LogP contribution in [-0.2, 0) is 0 Å². The Labute approximate surface area is 182 Å². The van der Waals surface area contributed by atoms with Crippen LogP contribution in [0.25, 0.3) is 16.5 Å². The molecule has 1 heterocycles. The number of aromatic nitrogens is 2. The van der Waals surface area contributed by atoms with Crippen molar-refractivity contribution in [2.75, 3.05) is 12.3 Å². The summed E-state index contributed by atoms with van der Waals surface area (Å²) in [5, 5.41) is 8.24. The molecule has 0 aliphatic carbocycles. The number of carbonyl (C=O) groups is 1. The van der Waals surface area contributed by atoms with E-state index in [1.54, 1.807) is 60.3 Å². The van der Waals surface area contributed by atoms with Crippen LogP contribution in [0.4, 0.5) is 4.39 Å². The van der Waals surface area contributed by atoms with Gasteiger partial charge in [-0.15, -0.1) is 11.8 Å². The van der Waals surface area contributed by atoms with Crippen molar-refractivity contribution in [3.63, 3.8) is 0 Å². The normalized spacial score (nSPS) is 10.9. The van der Waals surface area contributed by atoms with Crippen molar-refractivity contribution < 1.29 is 9.18 Å². The van der Waals surface area contributed by atoms with Crippen LogP contribution in [-0.4, -0.2) is 28.0 Å². The number of fused-ring (bicyclic) bond motifs is 1. The highest BCUT2D eigenvalue weighted by Crippen LogP contribution is 2.19. The molecular formula is C24H20FN3O2S. The van der Waals surface area contributed by atoms with Crippen molar-refractivity contribution >= 4 is 28.4 Å². The van der Waals surface area contributed by atoms with Crippen LogP contribution in [0.3, 0.4) is 0 Å². The summed E-state index contributed by atoms with van der Waals surface area (Å²) < 4.78 is 14.2. The van der Waals surface area contributed by atoms with Gasteiger partial charge < -0.3 is 5.32 Å². The lowest BCUT2D eigenvalue weighted by Crippen LogP contribution is -2.30. The van der Waals surface area contributed by atoms with E-state index in [0.717, 1.165) is 17.1 Å². The number of amides is 1. The highest BCUT2D eigenvalue weighted by atomic mass is 32.2. The molecule has 0 bridgehead atoms. The molecule has 0 fully saturated rings. The standard InChI is InChI=1S/C24H20FN3O2S/c25-17-11-13-19(14-12-17)31-16-6-15-26-23(29)22-20-9-4-5-10-21(20)24(30)28(27-22)18-7-2-1-3-8-18/h1-5,7-14H,6,15-16H2,(H,26,29). The molecule has 1 N–H and O–H groups in total. The van der Waals surface area contributed by atoms with E-state index in [1.807, 2.05) is 18.2 Å². The molecule has 4 aromatic rings. The number of hydrogen-bond donors (Lipinski definition) is 1. The zero-order valence-electron chi connectivity index (χ0n) is 16.6. The van der Waals surface area contributed by atoms with Crippen LogP contribution >= 0.6 is 11.8 Å². The highest BCUT2D eigenvalue weighted by Gasteiger charge is 2.17. The van der Waals surface area contributed by atoms with E-state index in [0.29, 0.717) is 23.0 Å². The molecule has 5 nitrogen and oxygen atoms in total. The van der Waals surface area contributed by atoms with Gasteiger partial charge in [-0.25, -0.2) is 4.39 Å². The number of halogens is 1. The number of hydrogen-bond acceptors (Lipinski definition) is 4. The average Bonchev–Trinajstić information content (AvgIpc) is 2.81. The number of nitrogens with zero attached hydrogens (tertiary/aromatic N) is 2. The van der Waals surface area contributed by atoms with Gasteiger partial charge in [-0.1, -0.05) is 36.4 Å². The molecule has 1 aromatic heterocycles. The van der Waals surface area contributed by atoms with Gasteiger partial charge in [-0.3, -0.25) is 9.59 Å². The third-order valence-corrected chi connectivity index (χ3v) is 5.81. The average molecular weight is 434 g/mol. The molecular weight excluding hydrogens is 413 g/mol. The zero-order valence-corrected chi connectivity index (χ0v) is 17.4. The number of thioether (sulfide) groups is 1. The Balaban J connectivity index is 1.49. The first kappa shape index (κ1) is 20.8. The lowest BCUT2D eigenvalue weighted by molar-refractivity contribution is 0.0949. The summed E-state index contributed by atoms with van der Waals surface area (Å²) in [5.41, 5.74) is 0.544. The Morgan fingerprint density at radius 1 is 0.935 bits per heavy atom. The van der Waals surface area contributed by atoms with Crippen LogP contribution in [0.5, 0.6) is 0 Å². The summed E-state index contributed by atoms with van der Waals surface area (Å²) in [7, 11) is 0. The summed E-state index contributed by atoms with van der Waals surface area (Å²) in [4.78, 5) is 26.8. The molecule has 1 amide bonds. The quantitative estimate of drug-likeness (QED) is 0.346. The molecule has 0 saturated heterocycles. The van der Waals surface area contributed by atoms with Gasteiger partial charge in [0.2, 0.25) is 0 Å². The van der Waals surface area contributed by atoms with E-state index < -0.39 is 0 Å². The minimum atomic E-state index is -0.326. The summed E-state index contributed by atoms with van der Waals surface area (Å²) in [5.74, 6) is 0.199. The van der Waals surface area contributed by atoms with Gasteiger partial charge in [-0.2, -0.15) is 9.78 Å². The maximum Gasteiger partial charge on any atom is 0.279 e. The Kier molecular flexibility index (Phi) is 6.43. The molecule has 31 heavy (non-hydrogen) atoms. The second-order valence-electron chi connectivity index (χ2n) is 6.86. The van der Waals surface area contributed by atoms with Crippen molar-refractivity contribution in [1.82, 2.24) is 15.1 Å². The Bertz CT molecular complexity index is 1260. The summed E-state index contributed by atoms with van der Waals surface area (Å²) in [6.07, 6.45) is 0.740. The topological polar surface area (TPSA) is 64.0 Å². The second kappa shape index (κ2) is 9.57. The Hall–Kier alpha value is -3.45. The molecule has 0 aliphatic heterocycles. The molecule has 0 unspecified atom stereocenters. The van der Waals surface area contributed by atoms with Crippen LogP contribution in [0.15, 0.2) is 88.6 Å². The first-order chi connectivity index (χ1) is 15.1. The molecule has 7 heteroatoms. The zero-order chi connectivity index (χ0) is 21.6. The molecule has 0 atom stereocenters. The number of benzene rings is 3. The Morgan fingerprint density at radius 3 is 2.35 bits per heavy atom. The number of rotatable bonds is 7. The predicted molar refractivity (Wildman–Crippen MR) is 121 cm³/mol. The van der Waals surface area contributed by atoms with E-state index in [4.69, 9.17) is 0 Å². The van der Waals surface area contributed by atoms with Gasteiger partial charge in [-0.05, 0) is 54.6 Å². The minimum Gasteiger partial charge on any atom is -0.351 e. The van der Waals surface area contributed by atoms with Gasteiger partial charge in [0, 0.05) is 16.8 Å². The van der Waals surface area contributed by atoms with Gasteiger partial charge >= 0.3 is 0 Å². The maximum atomic E-state index is 13.0. The van der Waals surface area contributed by atoms with Crippen molar-refractivity contribution in [2.45, 2.75) is 11.3 Å². The van der Waals surface area contributed by atoms with Gasteiger partial charge in [0.25, 0.3) is 11.5 Å². The largest absolute Gasteiger partial charge is 0.351 e. The number of nitrogens with one attached hydrogen (secondary N) is 1. The number of carbonyl (C=O) groups excluding carboxylic acids is 1. The first-order valence-electron chi connectivity index (χ1n) is 9.87. The van der Waals surface area contributed by atoms with E-state index in [-0.39, 0.29) is 23.0 Å². The van der Waals surface area contributed by atoms with E-state index in [9.17, 15) is 14.0 Å². The van der Waals surface area contributed by atoms with Crippen LogP contribution < -0.4 is 10.9 Å². The van der Waals surface area contributed by atoms with Gasteiger partial charge in [0.05, 0.1) is 11.1 Å². The van der Waals surface area contributed by atoms with Gasteiger partial charge in [0.1, 0.15) is 5.82 Å². The molecule has 3 aromatic carbocycles. The van der Waals surface area contributed by atoms with Crippen LogP contribution in [0.1, 0.15) is 16.9 Å². The lowest BCUT2D eigenvalue weighted by Gasteiger charge is -2.11. The fourth-order valence-electron chi connectivity index (χ4n) is 3.18. The predicted octanol–water partition coefficient (Wildman–Crippen LogP) is 4.44. The molecule has 0 radical (unpaired) electrons. The fourth-order valence-corrected chi connectivity index (χ4v) is 4.03. The third-order valence-electron chi connectivity index (χ3n) is 4.71. The van der Waals surface area contributed by atoms with Crippen molar-refractivity contribution in [3.05, 3.63) is 101 Å². The summed E-state index contributed by atoms with van der Waals surface area (Å²) >= 11 is 1.60. The molecule has 0 aliphatic rings. The van der Waals surface area contributed by atoms with Crippen LogP contribution in [0.2, 0.25) is 0 Å². The van der Waals surface area contributed by atoms with Crippen molar-refractivity contribution in [3.8, 4) is 5.69 Å². The molecule has 0 spiro atoms. The molecule has 156 valence electrons. The minimum absolute atomic E-state index is 0.213. The second-order valence-corrected chi connectivity index (χ2v) is 8.03. The Morgan fingerprint density at radius 2 is 1.61 bits per heavy atom. The smallest absolute Gasteiger partial charge is 0.279 e. The summed E-state index contributed by atoms with van der Waals surface area (Å²) in [6.45, 7) is 0.466. The highest BCUT2D eigenvalue weighted by molar-refractivity contribution is 7.99. The number of para-hydroxylation sites is 1. The van der Waals surface area contributed by atoms with E-state index >= 15 is 0 Å². The van der Waals surface area contributed by atoms with E-state index in [1.165, 1.54) is 16.8 Å². The lowest BCUT2D eigenvalue weighted by atomic mass is 10.1. The maximum absolute atomic E-state index is 13.0. The van der Waals surface area contributed by atoms with Crippen molar-refractivity contribution in [2.24, 2.45) is 0 Å². The van der Waals surface area contributed by atoms with Crippen LogP contribution in [0, 0.1) is 5.82 Å². The first-order valence-corrected chi connectivity index (χ1v) is 10.9. The fraction of sp³-hybridized carbons (Fsp3) is 0.125. The monoisotopic (exact) mass is 433 g/mol. The molecule has 0 saturated carbocycles. The third kappa shape index (κ3) is 4.83. The summed E-state index contributed by atoms with van der Waals surface area (Å²) in [6, 6.07) is 22.4. The van der Waals surface area contributed by atoms with Crippen molar-refractivity contribution in [1.29, 1.82) is 0 Å². The SMILES string of the molecule is O=C(NCCCSc1ccc(F)cc1)c1nn(-c2ccccc2)c(=O)c2ccccc12. The molecule has 4 rings (SSSR count).